The van der Waals surface area contributed by atoms with Crippen molar-refractivity contribution in [3.05, 3.63) is 96.1 Å². The lowest BCUT2D eigenvalue weighted by Gasteiger charge is -2.10. The zero-order valence-electron chi connectivity index (χ0n) is 15.5. The number of carbonyl (C=O) groups is 2. The number of rotatable bonds is 6. The van der Waals surface area contributed by atoms with Gasteiger partial charge < -0.3 is 16.4 Å². The summed E-state index contributed by atoms with van der Waals surface area (Å²) >= 11 is 0. The molecule has 29 heavy (non-hydrogen) atoms. The number of nitrogens with one attached hydrogen (secondary N) is 2. The van der Waals surface area contributed by atoms with Gasteiger partial charge in [0.25, 0.3) is 11.8 Å². The van der Waals surface area contributed by atoms with Gasteiger partial charge in [0.2, 0.25) is 0 Å². The van der Waals surface area contributed by atoms with Crippen molar-refractivity contribution in [3.8, 4) is 0 Å². The second kappa shape index (κ2) is 8.79. The Balaban J connectivity index is 1.58. The minimum Gasteiger partial charge on any atom is -0.397 e. The van der Waals surface area contributed by atoms with Crippen LogP contribution in [0.4, 0.5) is 15.8 Å². The highest BCUT2D eigenvalue weighted by molar-refractivity contribution is 6.18. The molecule has 6 nitrogen and oxygen atoms in total. The van der Waals surface area contributed by atoms with E-state index >= 15 is 0 Å². The van der Waals surface area contributed by atoms with Gasteiger partial charge in [0.05, 0.1) is 11.4 Å². The lowest BCUT2D eigenvalue weighted by Crippen LogP contribution is -2.23. The van der Waals surface area contributed by atoms with Gasteiger partial charge in [-0.05, 0) is 42.0 Å². The molecule has 3 rings (SSSR count). The van der Waals surface area contributed by atoms with Crippen molar-refractivity contribution in [2.75, 3.05) is 11.1 Å². The van der Waals surface area contributed by atoms with Crippen LogP contribution in [-0.4, -0.2) is 16.8 Å². The zero-order valence-corrected chi connectivity index (χ0v) is 15.5. The molecular formula is C22H19FN4O2. The molecule has 0 saturated heterocycles. The standard InChI is InChI=1S/C22H19FN4O2/c1-14(17-3-2-10-25-13-17)21(28)26-12-15-4-6-16(7-5-15)22(29)27-20-11-18(23)8-9-19(20)24/h2-11,13H,1,12,24H2,(H,26,28)(H,27,29). The van der Waals surface area contributed by atoms with Crippen molar-refractivity contribution < 1.29 is 14.0 Å². The summed E-state index contributed by atoms with van der Waals surface area (Å²) in [5.74, 6) is -1.21. The van der Waals surface area contributed by atoms with E-state index in [0.717, 1.165) is 11.6 Å². The SMILES string of the molecule is C=C(C(=O)NCc1ccc(C(=O)Nc2cc(F)ccc2N)cc1)c1cccnc1. The fourth-order valence-electron chi connectivity index (χ4n) is 2.57. The topological polar surface area (TPSA) is 97.1 Å². The molecule has 0 bridgehead atoms. The summed E-state index contributed by atoms with van der Waals surface area (Å²) in [5, 5.41) is 5.35. The van der Waals surface area contributed by atoms with E-state index in [1.807, 2.05) is 0 Å². The number of amides is 2. The molecule has 1 heterocycles. The highest BCUT2D eigenvalue weighted by Crippen LogP contribution is 2.20. The predicted octanol–water partition coefficient (Wildman–Crippen LogP) is 3.38. The number of pyridine rings is 1. The van der Waals surface area contributed by atoms with E-state index < -0.39 is 11.7 Å². The number of carbonyl (C=O) groups excluding carboxylic acids is 2. The highest BCUT2D eigenvalue weighted by Gasteiger charge is 2.11. The molecule has 1 aromatic heterocycles. The molecule has 146 valence electrons. The molecular weight excluding hydrogens is 371 g/mol. The summed E-state index contributed by atoms with van der Waals surface area (Å²) in [6.45, 7) is 4.06. The van der Waals surface area contributed by atoms with E-state index in [1.165, 1.54) is 12.1 Å². The zero-order chi connectivity index (χ0) is 20.8. The van der Waals surface area contributed by atoms with Crippen LogP contribution in [0, 0.1) is 5.82 Å². The molecule has 2 amide bonds. The third-order valence-corrected chi connectivity index (χ3v) is 4.22. The fraction of sp³-hybridized carbons (Fsp3) is 0.0455. The fourth-order valence-corrected chi connectivity index (χ4v) is 2.57. The van der Waals surface area contributed by atoms with E-state index in [4.69, 9.17) is 5.73 Å². The van der Waals surface area contributed by atoms with Crippen LogP contribution >= 0.6 is 0 Å². The normalized spacial score (nSPS) is 10.2. The number of benzene rings is 2. The van der Waals surface area contributed by atoms with Crippen LogP contribution in [0.15, 0.2) is 73.6 Å². The van der Waals surface area contributed by atoms with Crippen molar-refractivity contribution in [3.63, 3.8) is 0 Å². The lowest BCUT2D eigenvalue weighted by atomic mass is 10.1. The number of aromatic nitrogens is 1. The van der Waals surface area contributed by atoms with Gasteiger partial charge >= 0.3 is 0 Å². The average Bonchev–Trinajstić information content (AvgIpc) is 2.75. The largest absolute Gasteiger partial charge is 0.397 e. The first-order chi connectivity index (χ1) is 13.9. The van der Waals surface area contributed by atoms with E-state index in [2.05, 4.69) is 22.2 Å². The maximum Gasteiger partial charge on any atom is 0.255 e. The van der Waals surface area contributed by atoms with Gasteiger partial charge in [-0.15, -0.1) is 0 Å². The maximum absolute atomic E-state index is 13.3. The van der Waals surface area contributed by atoms with Gasteiger partial charge in [-0.3, -0.25) is 14.6 Å². The predicted molar refractivity (Wildman–Crippen MR) is 110 cm³/mol. The Bertz CT molecular complexity index is 1050. The van der Waals surface area contributed by atoms with Crippen LogP contribution in [0.5, 0.6) is 0 Å². The molecule has 0 aliphatic rings. The minimum absolute atomic E-state index is 0.209. The molecule has 0 radical (unpaired) electrons. The second-order valence-electron chi connectivity index (χ2n) is 6.29. The summed E-state index contributed by atoms with van der Waals surface area (Å²) in [4.78, 5) is 28.5. The minimum atomic E-state index is -0.492. The number of anilines is 2. The van der Waals surface area contributed by atoms with Crippen LogP contribution in [0.2, 0.25) is 0 Å². The van der Waals surface area contributed by atoms with Gasteiger partial charge in [0, 0.05) is 35.6 Å². The summed E-state index contributed by atoms with van der Waals surface area (Å²) in [6.07, 6.45) is 3.19. The summed E-state index contributed by atoms with van der Waals surface area (Å²) < 4.78 is 13.3. The molecule has 0 saturated carbocycles. The van der Waals surface area contributed by atoms with Crippen LogP contribution in [0.1, 0.15) is 21.5 Å². The van der Waals surface area contributed by atoms with Crippen molar-refractivity contribution in [2.24, 2.45) is 0 Å². The molecule has 0 fully saturated rings. The lowest BCUT2D eigenvalue weighted by molar-refractivity contribution is -0.115. The Labute approximate surface area is 167 Å². The second-order valence-corrected chi connectivity index (χ2v) is 6.29. The van der Waals surface area contributed by atoms with Gasteiger partial charge in [-0.25, -0.2) is 4.39 Å². The third kappa shape index (κ3) is 5.04. The molecule has 0 aliphatic heterocycles. The molecule has 0 spiro atoms. The molecule has 7 heteroatoms. The Morgan fingerprint density at radius 1 is 1.07 bits per heavy atom. The molecule has 0 atom stereocenters. The van der Waals surface area contributed by atoms with E-state index in [-0.39, 0.29) is 23.8 Å². The van der Waals surface area contributed by atoms with Crippen molar-refractivity contribution >= 4 is 28.8 Å². The summed E-state index contributed by atoms with van der Waals surface area (Å²) in [5.41, 5.74) is 8.37. The van der Waals surface area contributed by atoms with E-state index in [1.54, 1.807) is 48.8 Å². The first-order valence-corrected chi connectivity index (χ1v) is 8.77. The monoisotopic (exact) mass is 390 g/mol. The number of nitrogens with two attached hydrogens (primary N) is 1. The first-order valence-electron chi connectivity index (χ1n) is 8.77. The Morgan fingerprint density at radius 3 is 2.52 bits per heavy atom. The average molecular weight is 390 g/mol. The van der Waals surface area contributed by atoms with Crippen LogP contribution in [0.25, 0.3) is 5.57 Å². The van der Waals surface area contributed by atoms with Gasteiger partial charge in [0.1, 0.15) is 5.82 Å². The molecule has 2 aromatic carbocycles. The Kier molecular flexibility index (Phi) is 5.99. The Hall–Kier alpha value is -4.00. The molecule has 3 aromatic rings. The van der Waals surface area contributed by atoms with Crippen molar-refractivity contribution in [2.45, 2.75) is 6.54 Å². The summed E-state index contributed by atoms with van der Waals surface area (Å²) in [6, 6.07) is 13.9. The number of halogens is 1. The van der Waals surface area contributed by atoms with E-state index in [9.17, 15) is 14.0 Å². The smallest absolute Gasteiger partial charge is 0.255 e. The van der Waals surface area contributed by atoms with Gasteiger partial charge in [-0.1, -0.05) is 24.8 Å². The molecule has 4 N–H and O–H groups in total. The quantitative estimate of drug-likeness (QED) is 0.444. The summed E-state index contributed by atoms with van der Waals surface area (Å²) in [7, 11) is 0. The van der Waals surface area contributed by atoms with Crippen LogP contribution in [0.3, 0.4) is 0 Å². The number of nitrogens with zero attached hydrogens (tertiary/aromatic N) is 1. The first kappa shape index (κ1) is 19.8. The number of nitrogen functional groups attached to an aromatic ring is 1. The maximum atomic E-state index is 13.3. The van der Waals surface area contributed by atoms with Crippen LogP contribution < -0.4 is 16.4 Å². The van der Waals surface area contributed by atoms with Gasteiger partial charge in [0.15, 0.2) is 0 Å². The Morgan fingerprint density at radius 2 is 1.83 bits per heavy atom. The third-order valence-electron chi connectivity index (χ3n) is 4.22. The van der Waals surface area contributed by atoms with Gasteiger partial charge in [-0.2, -0.15) is 0 Å². The van der Waals surface area contributed by atoms with Crippen molar-refractivity contribution in [1.29, 1.82) is 0 Å². The van der Waals surface area contributed by atoms with Crippen molar-refractivity contribution in [1.82, 2.24) is 10.3 Å². The molecule has 0 unspecified atom stereocenters. The number of hydrogen-bond donors (Lipinski definition) is 3. The van der Waals surface area contributed by atoms with E-state index in [0.29, 0.717) is 16.7 Å². The molecule has 0 aliphatic carbocycles. The number of hydrogen-bond acceptors (Lipinski definition) is 4. The highest BCUT2D eigenvalue weighted by atomic mass is 19.1. The van der Waals surface area contributed by atoms with Crippen LogP contribution in [-0.2, 0) is 11.3 Å².